The smallest absolute Gasteiger partial charge is 0.872 e. The predicted molar refractivity (Wildman–Crippen MR) is 203 cm³/mol. The molecule has 4 rings (SSSR count). The van der Waals surface area contributed by atoms with Crippen LogP contribution >= 0.6 is 0 Å². The summed E-state index contributed by atoms with van der Waals surface area (Å²) < 4.78 is 11.0. The molecular formula is C44H50NiO10. The molecule has 0 atom stereocenters. The van der Waals surface area contributed by atoms with Crippen molar-refractivity contribution in [2.24, 2.45) is 0 Å². The minimum atomic E-state index is -1.25. The van der Waals surface area contributed by atoms with Crippen LogP contribution < -0.4 is 19.7 Å². The maximum atomic E-state index is 13.2. The zero-order valence-corrected chi connectivity index (χ0v) is 34.4. The van der Waals surface area contributed by atoms with E-state index in [0.29, 0.717) is 11.1 Å². The fraction of sp³-hybridized carbons (Fsp3) is 0.364. The van der Waals surface area contributed by atoms with E-state index in [0.717, 1.165) is 0 Å². The van der Waals surface area contributed by atoms with Crippen LogP contribution in [0, 0.1) is 0 Å². The molecule has 0 bridgehead atoms. The number of carboxylic acid groups (broad SMARTS) is 2. The van der Waals surface area contributed by atoms with E-state index >= 15 is 0 Å². The number of aromatic carboxylic acids is 2. The van der Waals surface area contributed by atoms with Crippen molar-refractivity contribution >= 4 is 23.9 Å². The molecule has 0 aliphatic heterocycles. The van der Waals surface area contributed by atoms with E-state index in [4.69, 9.17) is 9.47 Å². The van der Waals surface area contributed by atoms with Crippen LogP contribution in [0.1, 0.15) is 147 Å². The van der Waals surface area contributed by atoms with Gasteiger partial charge in [0.25, 0.3) is 0 Å². The van der Waals surface area contributed by atoms with E-state index in [-0.39, 0.29) is 72.9 Å². The second-order valence-electron chi connectivity index (χ2n) is 17.1. The molecule has 0 heterocycles. The monoisotopic (exact) mass is 796 g/mol. The number of hydrogen-bond acceptors (Lipinski definition) is 8. The Morgan fingerprint density at radius 2 is 0.764 bits per heavy atom. The van der Waals surface area contributed by atoms with Gasteiger partial charge in [0.2, 0.25) is 0 Å². The minimum Gasteiger partial charge on any atom is -0.872 e. The Labute approximate surface area is 333 Å². The third kappa shape index (κ3) is 11.0. The molecule has 0 saturated carbocycles. The molecule has 4 aromatic carbocycles. The topological polar surface area (TPSA) is 173 Å². The third-order valence-electron chi connectivity index (χ3n) is 8.45. The van der Waals surface area contributed by atoms with Gasteiger partial charge in [-0.2, -0.15) is 0 Å². The normalized spacial score (nSPS) is 11.7. The third-order valence-corrected chi connectivity index (χ3v) is 8.45. The van der Waals surface area contributed by atoms with Crippen LogP contribution in [0.25, 0.3) is 0 Å². The van der Waals surface area contributed by atoms with E-state index in [1.54, 1.807) is 102 Å². The van der Waals surface area contributed by atoms with Gasteiger partial charge in [0.05, 0.1) is 11.1 Å². The minimum absolute atomic E-state index is 0. The SMILES string of the molecule is CC(C)(C)c1cc(C(=O)O)c(OC(=O)c2ccccc2)c(C(C)(C)C)c1[O-].CC(C)(C)c1cc(C(=O)O)c(OC(=O)c2ccccc2)c(C(C)(C)C)c1[O-].[Ni+2]. The maximum absolute atomic E-state index is 13.2. The van der Waals surface area contributed by atoms with E-state index in [9.17, 15) is 39.6 Å². The number of benzene rings is 4. The van der Waals surface area contributed by atoms with Crippen molar-refractivity contribution in [3.05, 3.63) is 117 Å². The van der Waals surface area contributed by atoms with Crippen LogP contribution in [0.3, 0.4) is 0 Å². The Morgan fingerprint density at radius 1 is 0.491 bits per heavy atom. The summed E-state index contributed by atoms with van der Waals surface area (Å²) in [5, 5.41) is 45.8. The van der Waals surface area contributed by atoms with E-state index in [1.807, 2.05) is 41.5 Å². The molecule has 10 nitrogen and oxygen atoms in total. The van der Waals surface area contributed by atoms with Gasteiger partial charge in [-0.3, -0.25) is 0 Å². The molecule has 0 aliphatic rings. The van der Waals surface area contributed by atoms with Crippen LogP contribution in [0.5, 0.6) is 23.0 Å². The predicted octanol–water partition coefficient (Wildman–Crippen LogP) is 8.54. The zero-order valence-electron chi connectivity index (χ0n) is 33.4. The van der Waals surface area contributed by atoms with E-state index < -0.39 is 45.5 Å². The summed E-state index contributed by atoms with van der Waals surface area (Å²) in [5.41, 5.74) is -1.21. The first-order valence-corrected chi connectivity index (χ1v) is 17.5. The Balaban J connectivity index is 0.000000373. The summed E-state index contributed by atoms with van der Waals surface area (Å²) in [4.78, 5) is 48.9. The van der Waals surface area contributed by atoms with Gasteiger partial charge in [-0.15, -0.1) is 0 Å². The summed E-state index contributed by atoms with van der Waals surface area (Å²) in [5.74, 6) is -4.85. The van der Waals surface area contributed by atoms with Crippen molar-refractivity contribution in [1.82, 2.24) is 0 Å². The van der Waals surface area contributed by atoms with Crippen LogP contribution in [-0.4, -0.2) is 34.1 Å². The number of hydrogen-bond donors (Lipinski definition) is 2. The van der Waals surface area contributed by atoms with Gasteiger partial charge in [0, 0.05) is 0 Å². The molecule has 0 aliphatic carbocycles. The van der Waals surface area contributed by atoms with Gasteiger partial charge in [0.15, 0.2) is 0 Å². The number of rotatable bonds is 6. The molecular weight excluding hydrogens is 747 g/mol. The summed E-state index contributed by atoms with van der Waals surface area (Å²) in [6.07, 6.45) is 0. The van der Waals surface area contributed by atoms with Gasteiger partial charge in [-0.1, -0.05) is 131 Å². The van der Waals surface area contributed by atoms with Crippen molar-refractivity contribution in [3.8, 4) is 23.0 Å². The molecule has 0 unspecified atom stereocenters. The number of esters is 2. The second kappa shape index (κ2) is 17.1. The molecule has 2 N–H and O–H groups in total. The second-order valence-corrected chi connectivity index (χ2v) is 17.1. The first-order valence-electron chi connectivity index (χ1n) is 17.5. The Hall–Kier alpha value is -5.15. The van der Waals surface area contributed by atoms with Crippen molar-refractivity contribution in [2.45, 2.75) is 105 Å². The van der Waals surface area contributed by atoms with Crippen molar-refractivity contribution in [1.29, 1.82) is 0 Å². The van der Waals surface area contributed by atoms with Gasteiger partial charge >= 0.3 is 40.4 Å². The number of carbonyl (C=O) groups is 4. The molecule has 11 heteroatoms. The van der Waals surface area contributed by atoms with Crippen LogP contribution in [0.15, 0.2) is 72.8 Å². The van der Waals surface area contributed by atoms with E-state index in [1.165, 1.54) is 12.1 Å². The average Bonchev–Trinajstić information content (AvgIpc) is 3.03. The first-order chi connectivity index (χ1) is 24.7. The van der Waals surface area contributed by atoms with Crippen molar-refractivity contribution in [3.63, 3.8) is 0 Å². The fourth-order valence-corrected chi connectivity index (χ4v) is 5.75. The largest absolute Gasteiger partial charge is 2.00 e. The summed E-state index contributed by atoms with van der Waals surface area (Å²) in [6, 6.07) is 19.2. The molecule has 0 radical (unpaired) electrons. The zero-order chi connectivity index (χ0) is 41.1. The first kappa shape index (κ1) is 46.0. The summed E-state index contributed by atoms with van der Waals surface area (Å²) in [7, 11) is 0. The summed E-state index contributed by atoms with van der Waals surface area (Å²) in [6.45, 7) is 21.8. The van der Waals surface area contributed by atoms with Gasteiger partial charge < -0.3 is 29.9 Å². The average molecular weight is 798 g/mol. The number of carbonyl (C=O) groups excluding carboxylic acids is 2. The molecule has 0 amide bonds. The van der Waals surface area contributed by atoms with Crippen LogP contribution in [0.2, 0.25) is 0 Å². The molecule has 0 fully saturated rings. The fourth-order valence-electron chi connectivity index (χ4n) is 5.75. The Bertz CT molecular complexity index is 1890. The molecule has 296 valence electrons. The quantitative estimate of drug-likeness (QED) is 0.109. The van der Waals surface area contributed by atoms with Gasteiger partial charge in [-0.05, 0) is 80.3 Å². The Morgan fingerprint density at radius 3 is 0.982 bits per heavy atom. The molecule has 4 aromatic rings. The van der Waals surface area contributed by atoms with Crippen LogP contribution in [0.4, 0.5) is 0 Å². The molecule has 0 aromatic heterocycles. The molecule has 55 heavy (non-hydrogen) atoms. The van der Waals surface area contributed by atoms with Gasteiger partial charge in [-0.25, -0.2) is 19.2 Å². The number of ether oxygens (including phenoxy) is 2. The van der Waals surface area contributed by atoms with E-state index in [2.05, 4.69) is 0 Å². The molecule has 0 spiro atoms. The maximum Gasteiger partial charge on any atom is 2.00 e. The standard InChI is InChI=1S/2C22H26O5.Ni/c2*1-21(2,3)15-12-14(19(24)25)18(16(17(15)23)22(4,5)6)27-20(26)13-10-8-7-9-11-13;/h2*7-12,23H,1-6H3,(H,24,25);/q;;+2/p-2. The van der Waals surface area contributed by atoms with Crippen molar-refractivity contribution < 1.29 is 65.6 Å². The van der Waals surface area contributed by atoms with Crippen LogP contribution in [-0.2, 0) is 38.2 Å². The number of carboxylic acids is 2. The molecule has 0 saturated heterocycles. The summed E-state index contributed by atoms with van der Waals surface area (Å²) >= 11 is 0. The van der Waals surface area contributed by atoms with Gasteiger partial charge in [0.1, 0.15) is 22.6 Å². The Kier molecular flexibility index (Phi) is 14.3. The van der Waals surface area contributed by atoms with Crippen molar-refractivity contribution in [2.75, 3.05) is 0 Å².